The molecule has 0 aromatic heterocycles. The normalized spacial score (nSPS) is 11.1. The lowest BCUT2D eigenvalue weighted by molar-refractivity contribution is -0.119. The molecule has 0 unspecified atom stereocenters. The first-order valence-corrected chi connectivity index (χ1v) is 5.74. The van der Waals surface area contributed by atoms with Crippen LogP contribution in [0, 0.1) is 0 Å². The summed E-state index contributed by atoms with van der Waals surface area (Å²) in [7, 11) is -2.89. The standard InChI is InChI=1S/C9H11NO5S/c1-15-6-9(11)10-7-3-2-4-8(5-7)16(12,13)14/h2-5H,6H2,1H3,(H,10,11)(H,12,13,14). The van der Waals surface area contributed by atoms with Crippen LogP contribution in [-0.4, -0.2) is 32.6 Å². The maximum atomic E-state index is 11.1. The molecule has 88 valence electrons. The Kier molecular flexibility index (Phi) is 3.99. The first-order valence-electron chi connectivity index (χ1n) is 4.30. The van der Waals surface area contributed by atoms with Gasteiger partial charge in [-0.25, -0.2) is 0 Å². The fourth-order valence-electron chi connectivity index (χ4n) is 1.06. The van der Waals surface area contributed by atoms with Gasteiger partial charge in [0.25, 0.3) is 10.1 Å². The quantitative estimate of drug-likeness (QED) is 0.754. The van der Waals surface area contributed by atoms with Crippen LogP contribution in [0.15, 0.2) is 29.2 Å². The zero-order valence-corrected chi connectivity index (χ0v) is 9.32. The summed E-state index contributed by atoms with van der Waals surface area (Å²) in [6.07, 6.45) is 0. The number of amides is 1. The molecule has 1 aromatic rings. The van der Waals surface area contributed by atoms with E-state index in [1.54, 1.807) is 0 Å². The zero-order valence-electron chi connectivity index (χ0n) is 8.50. The molecule has 0 aliphatic rings. The third-order valence-electron chi connectivity index (χ3n) is 1.69. The molecule has 6 nitrogen and oxygen atoms in total. The van der Waals surface area contributed by atoms with Crippen LogP contribution in [-0.2, 0) is 19.6 Å². The van der Waals surface area contributed by atoms with Gasteiger partial charge in [0.2, 0.25) is 5.91 Å². The number of nitrogens with one attached hydrogen (secondary N) is 1. The molecule has 0 saturated carbocycles. The predicted molar refractivity (Wildman–Crippen MR) is 56.8 cm³/mol. The van der Waals surface area contributed by atoms with Gasteiger partial charge in [-0.2, -0.15) is 8.42 Å². The van der Waals surface area contributed by atoms with E-state index < -0.39 is 16.0 Å². The fraction of sp³-hybridized carbons (Fsp3) is 0.222. The van der Waals surface area contributed by atoms with Crippen LogP contribution < -0.4 is 5.32 Å². The third kappa shape index (κ3) is 3.61. The van der Waals surface area contributed by atoms with Gasteiger partial charge in [-0.15, -0.1) is 0 Å². The lowest BCUT2D eigenvalue weighted by Crippen LogP contribution is -2.17. The van der Waals surface area contributed by atoms with Gasteiger partial charge >= 0.3 is 0 Å². The van der Waals surface area contributed by atoms with E-state index in [4.69, 9.17) is 4.55 Å². The van der Waals surface area contributed by atoms with Gasteiger partial charge in [0.15, 0.2) is 0 Å². The number of carbonyl (C=O) groups is 1. The number of benzene rings is 1. The predicted octanol–water partition coefficient (Wildman–Crippen LogP) is 0.518. The summed E-state index contributed by atoms with van der Waals surface area (Å²) in [6, 6.07) is 5.29. The molecule has 0 fully saturated rings. The van der Waals surface area contributed by atoms with E-state index in [9.17, 15) is 13.2 Å². The number of anilines is 1. The summed E-state index contributed by atoms with van der Waals surface area (Å²) in [4.78, 5) is 10.9. The van der Waals surface area contributed by atoms with E-state index in [0.29, 0.717) is 0 Å². The lowest BCUT2D eigenvalue weighted by atomic mass is 10.3. The number of hydrogen-bond acceptors (Lipinski definition) is 4. The molecule has 0 heterocycles. The Morgan fingerprint density at radius 1 is 1.50 bits per heavy atom. The van der Waals surface area contributed by atoms with Crippen molar-refractivity contribution in [1.82, 2.24) is 0 Å². The number of rotatable bonds is 4. The van der Waals surface area contributed by atoms with Crippen LogP contribution in [0.5, 0.6) is 0 Å². The van der Waals surface area contributed by atoms with Gasteiger partial charge in [0.05, 0.1) is 4.90 Å². The molecule has 0 aliphatic heterocycles. The number of ether oxygens (including phenoxy) is 1. The molecule has 1 aromatic carbocycles. The highest BCUT2D eigenvalue weighted by molar-refractivity contribution is 7.85. The van der Waals surface area contributed by atoms with Crippen LogP contribution in [0.25, 0.3) is 0 Å². The van der Waals surface area contributed by atoms with Gasteiger partial charge in [-0.1, -0.05) is 6.07 Å². The molecule has 2 N–H and O–H groups in total. The van der Waals surface area contributed by atoms with Crippen LogP contribution in [0.4, 0.5) is 5.69 Å². The summed E-state index contributed by atoms with van der Waals surface area (Å²) < 4.78 is 35.0. The Hall–Kier alpha value is -1.44. The Morgan fingerprint density at radius 3 is 2.75 bits per heavy atom. The fourth-order valence-corrected chi connectivity index (χ4v) is 1.59. The van der Waals surface area contributed by atoms with Crippen LogP contribution in [0.3, 0.4) is 0 Å². The summed E-state index contributed by atoms with van der Waals surface area (Å²) in [5, 5.41) is 2.42. The zero-order chi connectivity index (χ0) is 12.2. The molecular formula is C9H11NO5S. The van der Waals surface area contributed by atoms with E-state index in [1.807, 2.05) is 0 Å². The van der Waals surface area contributed by atoms with E-state index in [1.165, 1.54) is 25.3 Å². The van der Waals surface area contributed by atoms with Crippen molar-refractivity contribution in [3.05, 3.63) is 24.3 Å². The smallest absolute Gasteiger partial charge is 0.294 e. The van der Waals surface area contributed by atoms with Gasteiger partial charge in [-0.05, 0) is 18.2 Å². The second-order valence-corrected chi connectivity index (χ2v) is 4.41. The van der Waals surface area contributed by atoms with Crippen LogP contribution >= 0.6 is 0 Å². The highest BCUT2D eigenvalue weighted by atomic mass is 32.2. The molecule has 0 aliphatic carbocycles. The summed E-state index contributed by atoms with van der Waals surface area (Å²) in [6.45, 7) is -0.129. The molecule has 0 bridgehead atoms. The molecular weight excluding hydrogens is 234 g/mol. The Balaban J connectivity index is 2.88. The van der Waals surface area contributed by atoms with Crippen molar-refractivity contribution < 1.29 is 22.5 Å². The van der Waals surface area contributed by atoms with Crippen molar-refractivity contribution in [2.45, 2.75) is 4.90 Å². The maximum Gasteiger partial charge on any atom is 0.294 e. The molecule has 16 heavy (non-hydrogen) atoms. The van der Waals surface area contributed by atoms with E-state index in [0.717, 1.165) is 6.07 Å². The van der Waals surface area contributed by atoms with Crippen molar-refractivity contribution in [3.63, 3.8) is 0 Å². The highest BCUT2D eigenvalue weighted by Gasteiger charge is 2.10. The Bertz CT molecular complexity index is 482. The Labute approximate surface area is 93.0 Å². The van der Waals surface area contributed by atoms with Crippen molar-refractivity contribution in [2.24, 2.45) is 0 Å². The minimum absolute atomic E-state index is 0.129. The summed E-state index contributed by atoms with van der Waals surface area (Å²) in [5.41, 5.74) is 0.275. The molecule has 0 saturated heterocycles. The molecule has 0 spiro atoms. The van der Waals surface area contributed by atoms with Gasteiger partial charge in [-0.3, -0.25) is 9.35 Å². The van der Waals surface area contributed by atoms with E-state index in [-0.39, 0.29) is 17.2 Å². The van der Waals surface area contributed by atoms with Crippen molar-refractivity contribution >= 4 is 21.7 Å². The monoisotopic (exact) mass is 245 g/mol. The second kappa shape index (κ2) is 5.06. The topological polar surface area (TPSA) is 92.7 Å². The summed E-state index contributed by atoms with van der Waals surface area (Å²) in [5.74, 6) is -0.407. The average molecular weight is 245 g/mol. The largest absolute Gasteiger partial charge is 0.375 e. The van der Waals surface area contributed by atoms with Gasteiger partial charge in [0, 0.05) is 12.8 Å². The van der Waals surface area contributed by atoms with Crippen molar-refractivity contribution in [2.75, 3.05) is 19.0 Å². The minimum atomic E-state index is -4.26. The maximum absolute atomic E-state index is 11.1. The van der Waals surface area contributed by atoms with E-state index in [2.05, 4.69) is 10.1 Å². The van der Waals surface area contributed by atoms with Crippen LogP contribution in [0.1, 0.15) is 0 Å². The molecule has 1 amide bonds. The second-order valence-electron chi connectivity index (χ2n) is 2.98. The highest BCUT2D eigenvalue weighted by Crippen LogP contribution is 2.14. The number of carbonyl (C=O) groups excluding carboxylic acids is 1. The molecule has 0 atom stereocenters. The molecule has 1 rings (SSSR count). The van der Waals surface area contributed by atoms with E-state index >= 15 is 0 Å². The first kappa shape index (κ1) is 12.6. The van der Waals surface area contributed by atoms with Gasteiger partial charge in [0.1, 0.15) is 6.61 Å². The van der Waals surface area contributed by atoms with Gasteiger partial charge < -0.3 is 10.1 Å². The lowest BCUT2D eigenvalue weighted by Gasteiger charge is -2.05. The first-order chi connectivity index (χ1) is 7.43. The number of hydrogen-bond donors (Lipinski definition) is 2. The third-order valence-corrected chi connectivity index (χ3v) is 2.54. The van der Waals surface area contributed by atoms with Crippen molar-refractivity contribution in [1.29, 1.82) is 0 Å². The number of methoxy groups -OCH3 is 1. The van der Waals surface area contributed by atoms with Crippen LogP contribution in [0.2, 0.25) is 0 Å². The SMILES string of the molecule is COCC(=O)Nc1cccc(S(=O)(=O)O)c1. The average Bonchev–Trinajstić information content (AvgIpc) is 2.17. The van der Waals surface area contributed by atoms with Crippen molar-refractivity contribution in [3.8, 4) is 0 Å². The summed E-state index contributed by atoms with van der Waals surface area (Å²) >= 11 is 0. The molecule has 7 heteroatoms. The Morgan fingerprint density at radius 2 is 2.19 bits per heavy atom. The minimum Gasteiger partial charge on any atom is -0.375 e. The molecule has 0 radical (unpaired) electrons.